The predicted octanol–water partition coefficient (Wildman–Crippen LogP) is 3.59. The molecule has 1 fully saturated rings. The maximum absolute atomic E-state index is 13.1. The van der Waals surface area contributed by atoms with Crippen LogP contribution in [-0.4, -0.2) is 60.4 Å². The van der Waals surface area contributed by atoms with Gasteiger partial charge in [0.2, 0.25) is 5.91 Å². The van der Waals surface area contributed by atoms with Crippen LogP contribution in [0.1, 0.15) is 54.2 Å². The summed E-state index contributed by atoms with van der Waals surface area (Å²) in [7, 11) is 0. The first-order valence-electron chi connectivity index (χ1n) is 12.5. The van der Waals surface area contributed by atoms with E-state index in [0.29, 0.717) is 18.5 Å². The summed E-state index contributed by atoms with van der Waals surface area (Å²) in [6.07, 6.45) is 0.590. The van der Waals surface area contributed by atoms with E-state index in [2.05, 4.69) is 59.4 Å². The first kappa shape index (κ1) is 25.9. The minimum atomic E-state index is -0.568. The van der Waals surface area contributed by atoms with Gasteiger partial charge in [-0.3, -0.25) is 14.5 Å². The minimum Gasteiger partial charge on any atom is -0.350 e. The van der Waals surface area contributed by atoms with Crippen molar-refractivity contribution in [1.29, 1.82) is 0 Å². The Hall–Kier alpha value is -2.70. The van der Waals surface area contributed by atoms with Crippen molar-refractivity contribution in [3.05, 3.63) is 70.8 Å². The highest BCUT2D eigenvalue weighted by molar-refractivity contribution is 5.98. The van der Waals surface area contributed by atoms with E-state index in [1.807, 2.05) is 31.2 Å². The van der Waals surface area contributed by atoms with Crippen LogP contribution in [0.5, 0.6) is 0 Å². The number of nitrogens with zero attached hydrogens (tertiary/aromatic N) is 2. The highest BCUT2D eigenvalue weighted by Gasteiger charge is 2.23. The standard InChI is InChI=1S/C28H40N4O2/c1-5-31-14-16-32(17-15-31)20-24-12-8-7-11-23(24)19-29-28(34)26(18-21(2)3)30-27(33)25-13-9-6-10-22(25)4/h6-13,21,26H,5,14-20H2,1-4H3,(H,29,34)(H,30,33). The van der Waals surface area contributed by atoms with E-state index < -0.39 is 6.04 Å². The number of carbonyl (C=O) groups excluding carboxylic acids is 2. The average molecular weight is 465 g/mol. The van der Waals surface area contributed by atoms with Crippen LogP contribution in [0.25, 0.3) is 0 Å². The number of piperazine rings is 1. The molecule has 2 aromatic rings. The lowest BCUT2D eigenvalue weighted by Gasteiger charge is -2.34. The van der Waals surface area contributed by atoms with Gasteiger partial charge in [-0.25, -0.2) is 0 Å². The summed E-state index contributed by atoms with van der Waals surface area (Å²) >= 11 is 0. The topological polar surface area (TPSA) is 64.7 Å². The number of nitrogens with one attached hydrogen (secondary N) is 2. The molecule has 184 valence electrons. The summed E-state index contributed by atoms with van der Waals surface area (Å²) in [5.74, 6) is -0.0606. The van der Waals surface area contributed by atoms with Gasteiger partial charge in [-0.15, -0.1) is 0 Å². The van der Waals surface area contributed by atoms with Gasteiger partial charge in [0.05, 0.1) is 0 Å². The lowest BCUT2D eigenvalue weighted by Crippen LogP contribution is -2.47. The Bertz CT molecular complexity index is 951. The summed E-state index contributed by atoms with van der Waals surface area (Å²) in [6, 6.07) is 15.2. The Morgan fingerprint density at radius 1 is 0.912 bits per heavy atom. The van der Waals surface area contributed by atoms with Gasteiger partial charge < -0.3 is 15.5 Å². The van der Waals surface area contributed by atoms with Crippen LogP contribution in [0.2, 0.25) is 0 Å². The second-order valence-electron chi connectivity index (χ2n) is 9.67. The zero-order chi connectivity index (χ0) is 24.5. The van der Waals surface area contributed by atoms with Crippen LogP contribution in [0.15, 0.2) is 48.5 Å². The number of aryl methyl sites for hydroxylation is 1. The summed E-state index contributed by atoms with van der Waals surface area (Å²) in [5, 5.41) is 6.06. The lowest BCUT2D eigenvalue weighted by molar-refractivity contribution is -0.123. The molecule has 3 rings (SSSR count). The fraction of sp³-hybridized carbons (Fsp3) is 0.500. The van der Waals surface area contributed by atoms with Crippen LogP contribution in [0, 0.1) is 12.8 Å². The Morgan fingerprint density at radius 3 is 2.18 bits per heavy atom. The molecule has 1 saturated heterocycles. The molecule has 0 saturated carbocycles. The van der Waals surface area contributed by atoms with Crippen molar-refractivity contribution in [1.82, 2.24) is 20.4 Å². The molecular formula is C28H40N4O2. The Morgan fingerprint density at radius 2 is 1.53 bits per heavy atom. The molecule has 6 heteroatoms. The van der Waals surface area contributed by atoms with Crippen LogP contribution >= 0.6 is 0 Å². The van der Waals surface area contributed by atoms with E-state index in [1.54, 1.807) is 6.07 Å². The van der Waals surface area contributed by atoms with Crippen LogP contribution in [0.4, 0.5) is 0 Å². The molecule has 0 radical (unpaired) electrons. The quantitative estimate of drug-likeness (QED) is 0.564. The molecule has 2 N–H and O–H groups in total. The summed E-state index contributed by atoms with van der Waals surface area (Å²) < 4.78 is 0. The lowest BCUT2D eigenvalue weighted by atomic mass is 10.0. The van der Waals surface area contributed by atoms with E-state index in [9.17, 15) is 9.59 Å². The minimum absolute atomic E-state index is 0.137. The van der Waals surface area contributed by atoms with Crippen molar-refractivity contribution in [2.45, 2.75) is 53.2 Å². The first-order chi connectivity index (χ1) is 16.4. The fourth-order valence-electron chi connectivity index (χ4n) is 4.46. The molecule has 34 heavy (non-hydrogen) atoms. The molecule has 1 heterocycles. The van der Waals surface area contributed by atoms with Crippen molar-refractivity contribution in [2.24, 2.45) is 5.92 Å². The number of hydrogen-bond acceptors (Lipinski definition) is 4. The molecule has 6 nitrogen and oxygen atoms in total. The third-order valence-electron chi connectivity index (χ3n) is 6.60. The van der Waals surface area contributed by atoms with Gasteiger partial charge in [-0.2, -0.15) is 0 Å². The van der Waals surface area contributed by atoms with E-state index in [0.717, 1.165) is 50.4 Å². The molecule has 2 aromatic carbocycles. The van der Waals surface area contributed by atoms with Crippen molar-refractivity contribution in [3.8, 4) is 0 Å². The monoisotopic (exact) mass is 464 g/mol. The smallest absolute Gasteiger partial charge is 0.252 e. The van der Waals surface area contributed by atoms with E-state index >= 15 is 0 Å². The van der Waals surface area contributed by atoms with Crippen LogP contribution in [0.3, 0.4) is 0 Å². The highest BCUT2D eigenvalue weighted by atomic mass is 16.2. The molecule has 1 atom stereocenters. The van der Waals surface area contributed by atoms with Crippen molar-refractivity contribution < 1.29 is 9.59 Å². The Labute approximate surface area is 204 Å². The van der Waals surface area contributed by atoms with Gasteiger partial charge in [0.25, 0.3) is 5.91 Å². The van der Waals surface area contributed by atoms with E-state index in [1.165, 1.54) is 5.56 Å². The SMILES string of the molecule is CCN1CCN(Cc2ccccc2CNC(=O)C(CC(C)C)NC(=O)c2ccccc2C)CC1. The van der Waals surface area contributed by atoms with Gasteiger partial charge >= 0.3 is 0 Å². The number of benzene rings is 2. The van der Waals surface area contributed by atoms with Crippen LogP contribution < -0.4 is 10.6 Å². The maximum Gasteiger partial charge on any atom is 0.252 e. The van der Waals surface area contributed by atoms with E-state index in [4.69, 9.17) is 0 Å². The molecule has 0 aliphatic carbocycles. The van der Waals surface area contributed by atoms with Crippen molar-refractivity contribution >= 4 is 11.8 Å². The number of amides is 2. The van der Waals surface area contributed by atoms with Crippen molar-refractivity contribution in [2.75, 3.05) is 32.7 Å². The maximum atomic E-state index is 13.1. The van der Waals surface area contributed by atoms with Crippen molar-refractivity contribution in [3.63, 3.8) is 0 Å². The summed E-state index contributed by atoms with van der Waals surface area (Å²) in [6.45, 7) is 15.0. The second-order valence-corrected chi connectivity index (χ2v) is 9.67. The predicted molar refractivity (Wildman–Crippen MR) is 138 cm³/mol. The zero-order valence-electron chi connectivity index (χ0n) is 21.1. The fourth-order valence-corrected chi connectivity index (χ4v) is 4.46. The van der Waals surface area contributed by atoms with Gasteiger partial charge in [0.15, 0.2) is 0 Å². The highest BCUT2D eigenvalue weighted by Crippen LogP contribution is 2.15. The second kappa shape index (κ2) is 12.7. The summed E-state index contributed by atoms with van der Waals surface area (Å²) in [5.41, 5.74) is 3.88. The third kappa shape index (κ3) is 7.40. The molecule has 2 amide bonds. The number of rotatable bonds is 10. The Balaban J connectivity index is 1.62. The number of carbonyl (C=O) groups is 2. The van der Waals surface area contributed by atoms with Gasteiger partial charge in [-0.1, -0.05) is 63.2 Å². The molecule has 0 aromatic heterocycles. The Kier molecular flexibility index (Phi) is 9.66. The van der Waals surface area contributed by atoms with E-state index in [-0.39, 0.29) is 17.7 Å². The van der Waals surface area contributed by atoms with Gasteiger partial charge in [-0.05, 0) is 48.6 Å². The zero-order valence-corrected chi connectivity index (χ0v) is 21.1. The molecule has 0 spiro atoms. The molecule has 0 bridgehead atoms. The molecule has 1 aliphatic heterocycles. The first-order valence-corrected chi connectivity index (χ1v) is 12.5. The summed E-state index contributed by atoms with van der Waals surface area (Å²) in [4.78, 5) is 30.9. The van der Waals surface area contributed by atoms with Gasteiger partial charge in [0, 0.05) is 44.8 Å². The van der Waals surface area contributed by atoms with Crippen LogP contribution in [-0.2, 0) is 17.9 Å². The average Bonchev–Trinajstić information content (AvgIpc) is 2.83. The normalized spacial score (nSPS) is 15.8. The molecular weight excluding hydrogens is 424 g/mol. The number of hydrogen-bond donors (Lipinski definition) is 2. The number of likely N-dealkylation sites (N-methyl/N-ethyl adjacent to an activating group) is 1. The third-order valence-corrected chi connectivity index (χ3v) is 6.60. The largest absolute Gasteiger partial charge is 0.350 e. The molecule has 1 unspecified atom stereocenters. The molecule has 1 aliphatic rings. The van der Waals surface area contributed by atoms with Gasteiger partial charge in [0.1, 0.15) is 6.04 Å².